The Kier molecular flexibility index (Phi) is 7.17. The fraction of sp³-hybridized carbons (Fsp3) is 0.333. The number of nitrogens with zero attached hydrogens (tertiary/aromatic N) is 2. The predicted molar refractivity (Wildman–Crippen MR) is 121 cm³/mol. The first-order valence-electron chi connectivity index (χ1n) is 9.66. The molecule has 3 N–H and O–H groups in total. The number of carboxylic acids is 1. The van der Waals surface area contributed by atoms with Crippen molar-refractivity contribution in [2.24, 2.45) is 4.99 Å². The maximum atomic E-state index is 11.7. The van der Waals surface area contributed by atoms with E-state index in [0.29, 0.717) is 21.8 Å². The lowest BCUT2D eigenvalue weighted by Crippen LogP contribution is -2.38. The van der Waals surface area contributed by atoms with Gasteiger partial charge in [0, 0.05) is 30.3 Å². The highest BCUT2D eigenvalue weighted by atomic mass is 32.1. The van der Waals surface area contributed by atoms with Crippen LogP contribution in [0, 0.1) is 3.95 Å². The van der Waals surface area contributed by atoms with Gasteiger partial charge in [0.25, 0.3) is 0 Å². The number of thiazole rings is 1. The molecule has 9 heteroatoms. The van der Waals surface area contributed by atoms with Gasteiger partial charge in [-0.15, -0.1) is 11.3 Å². The third-order valence-electron chi connectivity index (χ3n) is 4.77. The molecule has 0 fully saturated rings. The molecule has 2 heterocycles. The summed E-state index contributed by atoms with van der Waals surface area (Å²) in [5.74, 6) is -1.18. The maximum absolute atomic E-state index is 11.7. The van der Waals surface area contributed by atoms with E-state index in [1.54, 1.807) is 10.8 Å². The fourth-order valence-corrected chi connectivity index (χ4v) is 4.42. The zero-order chi connectivity index (χ0) is 21.7. The second-order valence-electron chi connectivity index (χ2n) is 7.02. The summed E-state index contributed by atoms with van der Waals surface area (Å²) in [5, 5.41) is 21.8. The Labute approximate surface area is 183 Å². The van der Waals surface area contributed by atoms with Crippen molar-refractivity contribution in [1.29, 1.82) is 0 Å². The first kappa shape index (κ1) is 21.9. The van der Waals surface area contributed by atoms with Gasteiger partial charge in [0.2, 0.25) is 11.8 Å². The average Bonchev–Trinajstić information content (AvgIpc) is 3.23. The Bertz CT molecular complexity index is 1070. The first-order valence-corrected chi connectivity index (χ1v) is 10.9. The van der Waals surface area contributed by atoms with E-state index < -0.39 is 12.0 Å². The lowest BCUT2D eigenvalue weighted by molar-refractivity contribution is -0.141. The summed E-state index contributed by atoms with van der Waals surface area (Å²) < 4.78 is 2.30. The van der Waals surface area contributed by atoms with Crippen molar-refractivity contribution in [3.63, 3.8) is 0 Å². The number of nitrogens with one attached hydrogen (secondary N) is 1. The maximum Gasteiger partial charge on any atom is 0.325 e. The zero-order valence-corrected chi connectivity index (χ0v) is 18.1. The topological polar surface area (TPSA) is 104 Å². The number of carboxylic acid groups (broad SMARTS) is 1. The molecule has 2 aromatic rings. The molecule has 0 saturated heterocycles. The van der Waals surface area contributed by atoms with Crippen molar-refractivity contribution >= 4 is 59.0 Å². The highest BCUT2D eigenvalue weighted by molar-refractivity contribution is 7.73. The van der Waals surface area contributed by atoms with E-state index in [1.807, 2.05) is 30.3 Å². The van der Waals surface area contributed by atoms with Crippen molar-refractivity contribution in [2.45, 2.75) is 45.2 Å². The molecule has 3 rings (SSSR count). The Morgan fingerprint density at radius 2 is 2.07 bits per heavy atom. The summed E-state index contributed by atoms with van der Waals surface area (Å²) in [6, 6.07) is 6.95. The number of carbonyl (C=O) groups is 2. The minimum Gasteiger partial charge on any atom is -0.493 e. The molecule has 1 atom stereocenters. The van der Waals surface area contributed by atoms with E-state index in [9.17, 15) is 14.7 Å². The molecule has 1 aliphatic rings. The number of amides is 1. The van der Waals surface area contributed by atoms with Crippen LogP contribution in [0.1, 0.15) is 43.0 Å². The number of unbranched alkanes of at least 4 members (excludes halogenated alkanes) is 2. The molecule has 1 amide bonds. The normalized spacial score (nSPS) is 14.6. The van der Waals surface area contributed by atoms with E-state index in [2.05, 4.69) is 10.3 Å². The molecule has 0 radical (unpaired) electrons. The van der Waals surface area contributed by atoms with Gasteiger partial charge in [-0.2, -0.15) is 0 Å². The molecule has 30 heavy (non-hydrogen) atoms. The van der Waals surface area contributed by atoms with E-state index in [-0.39, 0.29) is 18.2 Å². The lowest BCUT2D eigenvalue weighted by Gasteiger charge is -2.09. The number of fused-ring (bicyclic) bond motifs is 1. The highest BCUT2D eigenvalue weighted by Crippen LogP contribution is 2.35. The summed E-state index contributed by atoms with van der Waals surface area (Å²) >= 11 is 6.76. The number of para-hydroxylation sites is 1. The summed E-state index contributed by atoms with van der Waals surface area (Å²) in [4.78, 5) is 27.5. The average molecular weight is 446 g/mol. The quantitative estimate of drug-likeness (QED) is 0.392. The minimum atomic E-state index is -1.05. The van der Waals surface area contributed by atoms with E-state index in [4.69, 9.17) is 17.3 Å². The van der Waals surface area contributed by atoms with Crippen LogP contribution in [0.15, 0.2) is 29.3 Å². The number of aromatic hydroxyl groups is 1. The van der Waals surface area contributed by atoms with Crippen LogP contribution < -0.4 is 5.32 Å². The largest absolute Gasteiger partial charge is 0.493 e. The Balaban J connectivity index is 1.54. The van der Waals surface area contributed by atoms with Crippen LogP contribution >= 0.6 is 23.6 Å². The standard InChI is InChI=1S/C21H23N3O4S2/c1-13(20(27)28)23-18(25)9-3-2-6-10-24-19(26)17(30-21(24)29)11-14-12-22-16-8-5-4-7-15(14)16/h4-5,7-8,11-13,26H,2-3,6,9-10H2,1H3,(H,23,25)(H,27,28)/b14-11-. The van der Waals surface area contributed by atoms with Gasteiger partial charge in [-0.1, -0.05) is 24.6 Å². The second kappa shape index (κ2) is 9.82. The fourth-order valence-electron chi connectivity index (χ4n) is 3.11. The van der Waals surface area contributed by atoms with E-state index in [0.717, 1.165) is 29.7 Å². The van der Waals surface area contributed by atoms with Crippen molar-refractivity contribution in [1.82, 2.24) is 9.88 Å². The molecule has 0 spiro atoms. The third-order valence-corrected chi connectivity index (χ3v) is 6.16. The summed E-state index contributed by atoms with van der Waals surface area (Å²) in [5.41, 5.74) is 2.87. The van der Waals surface area contributed by atoms with Crippen molar-refractivity contribution in [2.75, 3.05) is 0 Å². The molecule has 0 aliphatic carbocycles. The van der Waals surface area contributed by atoms with Crippen LogP contribution in [0.4, 0.5) is 5.69 Å². The number of aliphatic imine (C=N–C) groups is 1. The van der Waals surface area contributed by atoms with Gasteiger partial charge in [0.15, 0.2) is 3.95 Å². The number of carbonyl (C=O) groups excluding carboxylic acids is 1. The smallest absolute Gasteiger partial charge is 0.325 e. The van der Waals surface area contributed by atoms with Crippen LogP contribution in [0.25, 0.3) is 11.6 Å². The van der Waals surface area contributed by atoms with Crippen molar-refractivity contribution < 1.29 is 19.8 Å². The lowest BCUT2D eigenvalue weighted by atomic mass is 10.1. The molecule has 0 bridgehead atoms. The third kappa shape index (κ3) is 5.22. The molecule has 1 aromatic heterocycles. The van der Waals surface area contributed by atoms with Gasteiger partial charge in [0.05, 0.1) is 10.6 Å². The highest BCUT2D eigenvalue weighted by Gasteiger charge is 2.16. The summed E-state index contributed by atoms with van der Waals surface area (Å²) in [7, 11) is 0. The SMILES string of the molecule is CC(NC(=O)CCCCCn1c(O)c(/C=C2/C=Nc3ccccc32)sc1=S)C(=O)O. The zero-order valence-electron chi connectivity index (χ0n) is 16.5. The molecule has 1 aliphatic heterocycles. The van der Waals surface area contributed by atoms with Crippen LogP contribution in [0.5, 0.6) is 5.88 Å². The van der Waals surface area contributed by atoms with Crippen LogP contribution in [0.2, 0.25) is 0 Å². The van der Waals surface area contributed by atoms with Crippen LogP contribution in [-0.2, 0) is 16.1 Å². The second-order valence-corrected chi connectivity index (χ2v) is 8.70. The Morgan fingerprint density at radius 1 is 1.30 bits per heavy atom. The predicted octanol–water partition coefficient (Wildman–Crippen LogP) is 4.39. The number of aromatic nitrogens is 1. The van der Waals surface area contributed by atoms with Gasteiger partial charge in [-0.25, -0.2) is 0 Å². The van der Waals surface area contributed by atoms with Gasteiger partial charge < -0.3 is 15.5 Å². The molecule has 1 aromatic carbocycles. The van der Waals surface area contributed by atoms with Gasteiger partial charge >= 0.3 is 5.97 Å². The van der Waals surface area contributed by atoms with Crippen molar-refractivity contribution in [3.8, 4) is 5.88 Å². The van der Waals surface area contributed by atoms with Crippen LogP contribution in [-0.4, -0.2) is 38.9 Å². The van der Waals surface area contributed by atoms with Gasteiger partial charge in [-0.3, -0.25) is 19.1 Å². The number of rotatable bonds is 9. The number of aliphatic carboxylic acids is 1. The van der Waals surface area contributed by atoms with Gasteiger partial charge in [0.1, 0.15) is 6.04 Å². The Morgan fingerprint density at radius 3 is 2.83 bits per heavy atom. The van der Waals surface area contributed by atoms with Crippen LogP contribution in [0.3, 0.4) is 0 Å². The minimum absolute atomic E-state index is 0.142. The monoisotopic (exact) mass is 445 g/mol. The molecule has 7 nitrogen and oxygen atoms in total. The number of hydrogen-bond acceptors (Lipinski definition) is 6. The number of hydrogen-bond donors (Lipinski definition) is 3. The van der Waals surface area contributed by atoms with E-state index in [1.165, 1.54) is 18.3 Å². The molecular weight excluding hydrogens is 422 g/mol. The molecule has 1 unspecified atom stereocenters. The Hall–Kier alpha value is -2.78. The molecule has 158 valence electrons. The van der Waals surface area contributed by atoms with E-state index >= 15 is 0 Å². The molecule has 0 saturated carbocycles. The van der Waals surface area contributed by atoms with Crippen molar-refractivity contribution in [3.05, 3.63) is 38.7 Å². The molecular formula is C21H23N3O4S2. The van der Waals surface area contributed by atoms with Gasteiger partial charge in [-0.05, 0) is 44.1 Å². The number of allylic oxidation sites excluding steroid dienone is 1. The summed E-state index contributed by atoms with van der Waals surface area (Å²) in [6.45, 7) is 1.99. The number of benzene rings is 1. The first-order chi connectivity index (χ1) is 14.4. The summed E-state index contributed by atoms with van der Waals surface area (Å²) in [6.07, 6.45) is 6.11.